The van der Waals surface area contributed by atoms with Crippen LogP contribution < -0.4 is 16.2 Å². The Labute approximate surface area is 106 Å². The second-order valence-corrected chi connectivity index (χ2v) is 3.91. The van der Waals surface area contributed by atoms with E-state index in [9.17, 15) is 23.2 Å². The molecule has 3 amide bonds. The Morgan fingerprint density at radius 1 is 1.21 bits per heavy atom. The number of benzene rings is 1. The number of hydrogen-bond donors (Lipinski definition) is 3. The van der Waals surface area contributed by atoms with Crippen LogP contribution in [-0.2, 0) is 14.4 Å². The smallest absolute Gasteiger partial charge is 0.251 e. The van der Waals surface area contributed by atoms with Crippen LogP contribution in [0.5, 0.6) is 0 Å². The van der Waals surface area contributed by atoms with E-state index < -0.39 is 41.7 Å². The Hall–Kier alpha value is -2.51. The first kappa shape index (κ1) is 12.9. The molecule has 1 saturated heterocycles. The predicted octanol–water partition coefficient (Wildman–Crippen LogP) is 0.0706. The number of rotatable bonds is 3. The minimum Gasteiger partial charge on any atom is -0.324 e. The zero-order valence-corrected chi connectivity index (χ0v) is 9.50. The van der Waals surface area contributed by atoms with Gasteiger partial charge in [-0.2, -0.15) is 0 Å². The first-order chi connectivity index (χ1) is 8.97. The maximum Gasteiger partial charge on any atom is 0.251 e. The third-order valence-electron chi connectivity index (χ3n) is 2.54. The van der Waals surface area contributed by atoms with Crippen LogP contribution in [0, 0.1) is 17.6 Å². The summed E-state index contributed by atoms with van der Waals surface area (Å²) in [6.45, 7) is 0. The molecular weight excluding hydrogens is 260 g/mol. The van der Waals surface area contributed by atoms with Crippen molar-refractivity contribution in [1.29, 1.82) is 0 Å². The number of hydrazine groups is 1. The lowest BCUT2D eigenvalue weighted by Gasteiger charge is -2.07. The van der Waals surface area contributed by atoms with Crippen molar-refractivity contribution in [1.82, 2.24) is 10.9 Å². The van der Waals surface area contributed by atoms with Gasteiger partial charge in [-0.25, -0.2) is 8.78 Å². The molecule has 1 fully saturated rings. The van der Waals surface area contributed by atoms with Crippen molar-refractivity contribution in [3.63, 3.8) is 0 Å². The number of carbonyl (C=O) groups is 3. The van der Waals surface area contributed by atoms with Crippen LogP contribution in [0.3, 0.4) is 0 Å². The van der Waals surface area contributed by atoms with E-state index in [1.807, 2.05) is 0 Å². The van der Waals surface area contributed by atoms with Crippen LogP contribution in [0.25, 0.3) is 0 Å². The summed E-state index contributed by atoms with van der Waals surface area (Å²) in [5.41, 5.74) is 3.91. The monoisotopic (exact) mass is 269 g/mol. The summed E-state index contributed by atoms with van der Waals surface area (Å²) >= 11 is 0. The molecule has 1 aromatic rings. The molecule has 0 aromatic heterocycles. The van der Waals surface area contributed by atoms with Gasteiger partial charge in [0.05, 0.1) is 5.69 Å². The Balaban J connectivity index is 2.01. The van der Waals surface area contributed by atoms with Crippen molar-refractivity contribution in [2.24, 2.45) is 5.92 Å². The van der Waals surface area contributed by atoms with Gasteiger partial charge in [-0.05, 0) is 12.1 Å². The van der Waals surface area contributed by atoms with E-state index in [2.05, 4.69) is 16.2 Å². The first-order valence-corrected chi connectivity index (χ1v) is 5.32. The summed E-state index contributed by atoms with van der Waals surface area (Å²) in [5, 5.41) is 2.16. The van der Waals surface area contributed by atoms with Gasteiger partial charge in [0.1, 0.15) is 17.6 Å². The molecule has 3 N–H and O–H groups in total. The minimum absolute atomic E-state index is 0.217. The second kappa shape index (κ2) is 5.01. The molecule has 100 valence electrons. The molecule has 8 heteroatoms. The molecule has 2 rings (SSSR count). The molecule has 0 bridgehead atoms. The number of carbonyl (C=O) groups excluding carboxylic acids is 3. The third kappa shape index (κ3) is 2.84. The molecule has 0 spiro atoms. The lowest BCUT2D eigenvalue weighted by atomic mass is 10.1. The molecule has 1 aliphatic rings. The Morgan fingerprint density at radius 2 is 1.84 bits per heavy atom. The van der Waals surface area contributed by atoms with Crippen LogP contribution in [0.4, 0.5) is 14.5 Å². The maximum absolute atomic E-state index is 13.3. The standard InChI is InChI=1S/C11H9F2N3O3/c12-5-1-2-8(7(13)3-5)14-9(17)4-6-10(18)15-16-11(6)19/h1-3,6H,4H2,(H,14,17)(H,15,18)(H,16,19). The number of nitrogens with one attached hydrogen (secondary N) is 3. The normalized spacial score (nSPS) is 15.1. The highest BCUT2D eigenvalue weighted by atomic mass is 19.1. The highest BCUT2D eigenvalue weighted by molar-refractivity contribution is 6.08. The Kier molecular flexibility index (Phi) is 3.41. The summed E-state index contributed by atoms with van der Waals surface area (Å²) in [5.74, 6) is -4.83. The van der Waals surface area contributed by atoms with Crippen LogP contribution in [-0.4, -0.2) is 17.7 Å². The summed E-state index contributed by atoms with van der Waals surface area (Å²) < 4.78 is 25.9. The summed E-state index contributed by atoms with van der Waals surface area (Å²) in [6, 6.07) is 2.65. The van der Waals surface area contributed by atoms with E-state index in [1.165, 1.54) is 0 Å². The molecule has 6 nitrogen and oxygen atoms in total. The van der Waals surface area contributed by atoms with Gasteiger partial charge in [-0.1, -0.05) is 0 Å². The van der Waals surface area contributed by atoms with Crippen molar-refractivity contribution in [3.05, 3.63) is 29.8 Å². The number of anilines is 1. The highest BCUT2D eigenvalue weighted by Gasteiger charge is 2.34. The molecule has 0 saturated carbocycles. The fraction of sp³-hybridized carbons (Fsp3) is 0.182. The van der Waals surface area contributed by atoms with Gasteiger partial charge in [0.15, 0.2) is 0 Å². The molecule has 19 heavy (non-hydrogen) atoms. The lowest BCUT2D eigenvalue weighted by Crippen LogP contribution is -2.28. The van der Waals surface area contributed by atoms with Gasteiger partial charge >= 0.3 is 0 Å². The molecule has 1 heterocycles. The molecule has 0 unspecified atom stereocenters. The third-order valence-corrected chi connectivity index (χ3v) is 2.54. The van der Waals surface area contributed by atoms with Gasteiger partial charge in [-0.15, -0.1) is 0 Å². The SMILES string of the molecule is O=C(CC1C(=O)NNC1=O)Nc1ccc(F)cc1F. The van der Waals surface area contributed by atoms with Crippen molar-refractivity contribution < 1.29 is 23.2 Å². The van der Waals surface area contributed by atoms with Gasteiger partial charge in [0.2, 0.25) is 5.91 Å². The van der Waals surface area contributed by atoms with E-state index in [0.717, 1.165) is 12.1 Å². The molecular formula is C11H9F2N3O3. The number of hydrogen-bond acceptors (Lipinski definition) is 3. The fourth-order valence-electron chi connectivity index (χ4n) is 1.58. The van der Waals surface area contributed by atoms with Crippen LogP contribution >= 0.6 is 0 Å². The van der Waals surface area contributed by atoms with Crippen molar-refractivity contribution >= 4 is 23.4 Å². The van der Waals surface area contributed by atoms with Gasteiger partial charge < -0.3 is 5.32 Å². The largest absolute Gasteiger partial charge is 0.324 e. The average molecular weight is 269 g/mol. The van der Waals surface area contributed by atoms with Gasteiger partial charge in [-0.3, -0.25) is 25.2 Å². The van der Waals surface area contributed by atoms with E-state index in [-0.39, 0.29) is 5.69 Å². The Bertz CT molecular complexity index is 546. The summed E-state index contributed by atoms with van der Waals surface area (Å²) in [7, 11) is 0. The molecule has 0 atom stereocenters. The molecule has 1 aliphatic heterocycles. The van der Waals surface area contributed by atoms with Gasteiger partial charge in [0, 0.05) is 12.5 Å². The van der Waals surface area contributed by atoms with E-state index in [1.54, 1.807) is 0 Å². The van der Waals surface area contributed by atoms with Crippen LogP contribution in [0.2, 0.25) is 0 Å². The van der Waals surface area contributed by atoms with Crippen LogP contribution in [0.15, 0.2) is 18.2 Å². The minimum atomic E-state index is -1.15. The topological polar surface area (TPSA) is 87.3 Å². The molecule has 1 aromatic carbocycles. The number of amides is 3. The quantitative estimate of drug-likeness (QED) is 0.679. The Morgan fingerprint density at radius 3 is 2.42 bits per heavy atom. The van der Waals surface area contributed by atoms with Crippen LogP contribution in [0.1, 0.15) is 6.42 Å². The summed E-state index contributed by atoms with van der Waals surface area (Å²) in [6.07, 6.45) is -0.422. The highest BCUT2D eigenvalue weighted by Crippen LogP contribution is 2.16. The van der Waals surface area contributed by atoms with Crippen molar-refractivity contribution in [2.45, 2.75) is 6.42 Å². The van der Waals surface area contributed by atoms with Gasteiger partial charge in [0.25, 0.3) is 11.8 Å². The molecule has 0 aliphatic carbocycles. The average Bonchev–Trinajstić information content (AvgIpc) is 2.65. The van der Waals surface area contributed by atoms with E-state index in [0.29, 0.717) is 6.07 Å². The molecule has 0 radical (unpaired) electrons. The van der Waals surface area contributed by atoms with E-state index in [4.69, 9.17) is 0 Å². The van der Waals surface area contributed by atoms with Crippen molar-refractivity contribution in [2.75, 3.05) is 5.32 Å². The fourth-order valence-corrected chi connectivity index (χ4v) is 1.58. The zero-order chi connectivity index (χ0) is 14.0. The maximum atomic E-state index is 13.3. The first-order valence-electron chi connectivity index (χ1n) is 5.32. The van der Waals surface area contributed by atoms with Crippen molar-refractivity contribution in [3.8, 4) is 0 Å². The summed E-state index contributed by atoms with van der Waals surface area (Å²) in [4.78, 5) is 33.9. The number of halogens is 2. The second-order valence-electron chi connectivity index (χ2n) is 3.91. The lowest BCUT2D eigenvalue weighted by molar-refractivity contribution is -0.131. The zero-order valence-electron chi connectivity index (χ0n) is 9.50. The van der Waals surface area contributed by atoms with E-state index >= 15 is 0 Å². The predicted molar refractivity (Wildman–Crippen MR) is 59.4 cm³/mol.